The van der Waals surface area contributed by atoms with Gasteiger partial charge in [-0.15, -0.1) is 0 Å². The summed E-state index contributed by atoms with van der Waals surface area (Å²) in [5.74, 6) is 1.67. The van der Waals surface area contributed by atoms with Crippen LogP contribution < -0.4 is 0 Å². The van der Waals surface area contributed by atoms with E-state index in [1.54, 1.807) is 0 Å². The number of aliphatic hydroxyl groups is 1. The smallest absolute Gasteiger partial charge is 0.147 e. The van der Waals surface area contributed by atoms with E-state index in [1.165, 1.54) is 24.0 Å². The van der Waals surface area contributed by atoms with E-state index in [2.05, 4.69) is 11.2 Å². The Kier molecular flexibility index (Phi) is 2.40. The van der Waals surface area contributed by atoms with Gasteiger partial charge in [-0.1, -0.05) is 11.2 Å². The number of hydrogen-bond acceptors (Lipinski definition) is 3. The van der Waals surface area contributed by atoms with Gasteiger partial charge in [-0.3, -0.25) is 0 Å². The normalized spacial score (nSPS) is 29.2. The predicted molar refractivity (Wildman–Crippen MR) is 65.7 cm³/mol. The molecule has 92 valence electrons. The molecule has 2 aliphatic carbocycles. The van der Waals surface area contributed by atoms with Crippen LogP contribution in [0.15, 0.2) is 10.6 Å². The molecule has 1 fully saturated rings. The highest BCUT2D eigenvalue weighted by atomic mass is 16.5. The summed E-state index contributed by atoms with van der Waals surface area (Å²) < 4.78 is 5.47. The van der Waals surface area contributed by atoms with Gasteiger partial charge in [0, 0.05) is 11.5 Å². The molecule has 0 radical (unpaired) electrons. The maximum atomic E-state index is 9.97. The largest absolute Gasteiger partial charge is 0.390 e. The number of hydrogen-bond donors (Lipinski definition) is 1. The molecule has 1 aromatic heterocycles. The first-order valence-corrected chi connectivity index (χ1v) is 6.45. The van der Waals surface area contributed by atoms with Gasteiger partial charge >= 0.3 is 0 Å². The van der Waals surface area contributed by atoms with Crippen LogP contribution >= 0.6 is 0 Å². The summed E-state index contributed by atoms with van der Waals surface area (Å²) in [6.07, 6.45) is 7.10. The summed E-state index contributed by atoms with van der Waals surface area (Å²) in [7, 11) is 0. The molecule has 3 heteroatoms. The van der Waals surface area contributed by atoms with Crippen molar-refractivity contribution in [3.8, 4) is 0 Å². The Bertz CT molecular complexity index is 467. The second-order valence-electron chi connectivity index (χ2n) is 5.71. The highest BCUT2D eigenvalue weighted by Crippen LogP contribution is 2.46. The predicted octanol–water partition coefficient (Wildman–Crippen LogP) is 3.18. The molecule has 1 N–H and O–H groups in total. The van der Waals surface area contributed by atoms with Gasteiger partial charge in [0.1, 0.15) is 5.76 Å². The van der Waals surface area contributed by atoms with E-state index in [9.17, 15) is 5.11 Å². The molecular formula is C14H19NO2. The van der Waals surface area contributed by atoms with Gasteiger partial charge in [0.05, 0.1) is 11.3 Å². The van der Waals surface area contributed by atoms with Gasteiger partial charge in [0.15, 0.2) is 0 Å². The molecule has 1 heterocycles. The van der Waals surface area contributed by atoms with Gasteiger partial charge in [-0.2, -0.15) is 0 Å². The lowest BCUT2D eigenvalue weighted by Crippen LogP contribution is -2.25. The molecular weight excluding hydrogens is 214 g/mol. The molecule has 0 amide bonds. The Morgan fingerprint density at radius 3 is 2.82 bits per heavy atom. The fraction of sp³-hybridized carbons (Fsp3) is 0.643. The van der Waals surface area contributed by atoms with Gasteiger partial charge in [0.25, 0.3) is 0 Å². The summed E-state index contributed by atoms with van der Waals surface area (Å²) in [5, 5.41) is 14.1. The highest BCUT2D eigenvalue weighted by Gasteiger charge is 2.34. The summed E-state index contributed by atoms with van der Waals surface area (Å²) >= 11 is 0. The third kappa shape index (κ3) is 2.04. The Hall–Kier alpha value is -1.09. The fourth-order valence-corrected chi connectivity index (χ4v) is 2.58. The molecule has 1 unspecified atom stereocenters. The molecule has 3 nitrogen and oxygen atoms in total. The minimum atomic E-state index is -0.533. The SMILES string of the molecule is Cc1noc(C2CC2)c1C1=CCC(C)(O)CC1. The Balaban J connectivity index is 1.94. The van der Waals surface area contributed by atoms with Gasteiger partial charge < -0.3 is 9.63 Å². The maximum Gasteiger partial charge on any atom is 0.147 e. The van der Waals surface area contributed by atoms with Gasteiger partial charge in [-0.05, 0) is 51.5 Å². The third-order valence-corrected chi connectivity index (χ3v) is 3.88. The van der Waals surface area contributed by atoms with E-state index in [1.807, 2.05) is 13.8 Å². The van der Waals surface area contributed by atoms with Crippen molar-refractivity contribution >= 4 is 5.57 Å². The van der Waals surface area contributed by atoms with Crippen LogP contribution in [-0.2, 0) is 0 Å². The lowest BCUT2D eigenvalue weighted by Gasteiger charge is -2.27. The minimum Gasteiger partial charge on any atom is -0.390 e. The second kappa shape index (κ2) is 3.70. The second-order valence-corrected chi connectivity index (χ2v) is 5.71. The van der Waals surface area contributed by atoms with Crippen molar-refractivity contribution in [3.05, 3.63) is 23.1 Å². The topological polar surface area (TPSA) is 46.3 Å². The van der Waals surface area contributed by atoms with Crippen LogP contribution in [0.4, 0.5) is 0 Å². The zero-order valence-corrected chi connectivity index (χ0v) is 10.5. The summed E-state index contributed by atoms with van der Waals surface area (Å²) in [5.41, 5.74) is 3.01. The molecule has 17 heavy (non-hydrogen) atoms. The molecule has 1 aromatic rings. The van der Waals surface area contributed by atoms with Crippen molar-refractivity contribution in [2.45, 2.75) is 57.5 Å². The van der Waals surface area contributed by atoms with Crippen molar-refractivity contribution in [3.63, 3.8) is 0 Å². The van der Waals surface area contributed by atoms with Crippen molar-refractivity contribution < 1.29 is 9.63 Å². The molecule has 2 aliphatic rings. The summed E-state index contributed by atoms with van der Waals surface area (Å²) in [6, 6.07) is 0. The Morgan fingerprint density at radius 2 is 2.24 bits per heavy atom. The standard InChI is InChI=1S/C14H19NO2/c1-9-12(13(17-15-9)11-3-4-11)10-5-7-14(2,16)8-6-10/h5,11,16H,3-4,6-8H2,1-2H3. The van der Waals surface area contributed by atoms with Crippen LogP contribution in [0.3, 0.4) is 0 Å². The monoisotopic (exact) mass is 233 g/mol. The third-order valence-electron chi connectivity index (χ3n) is 3.88. The van der Waals surface area contributed by atoms with Crippen molar-refractivity contribution in [1.29, 1.82) is 0 Å². The van der Waals surface area contributed by atoms with E-state index in [-0.39, 0.29) is 0 Å². The molecule has 0 bridgehead atoms. The van der Waals surface area contributed by atoms with Crippen molar-refractivity contribution in [2.24, 2.45) is 0 Å². The minimum absolute atomic E-state index is 0.533. The van der Waals surface area contributed by atoms with Crippen LogP contribution in [-0.4, -0.2) is 15.9 Å². The molecule has 1 saturated carbocycles. The van der Waals surface area contributed by atoms with Gasteiger partial charge in [0.2, 0.25) is 0 Å². The van der Waals surface area contributed by atoms with Crippen LogP contribution in [0.1, 0.15) is 62.0 Å². The zero-order valence-electron chi connectivity index (χ0n) is 10.5. The molecule has 1 atom stereocenters. The molecule has 0 aromatic carbocycles. The summed E-state index contributed by atoms with van der Waals surface area (Å²) in [6.45, 7) is 3.92. The van der Waals surface area contributed by atoms with E-state index in [4.69, 9.17) is 4.52 Å². The number of rotatable bonds is 2. The maximum absolute atomic E-state index is 9.97. The quantitative estimate of drug-likeness (QED) is 0.853. The molecule has 0 saturated heterocycles. The number of nitrogens with zero attached hydrogens (tertiary/aromatic N) is 1. The average Bonchev–Trinajstić information content (AvgIpc) is 3.04. The van der Waals surface area contributed by atoms with Crippen molar-refractivity contribution in [1.82, 2.24) is 5.16 Å². The fourth-order valence-electron chi connectivity index (χ4n) is 2.58. The average molecular weight is 233 g/mol. The number of aryl methyl sites for hydroxylation is 1. The van der Waals surface area contributed by atoms with Crippen molar-refractivity contribution in [2.75, 3.05) is 0 Å². The van der Waals surface area contributed by atoms with Crippen LogP contribution in [0.5, 0.6) is 0 Å². The lowest BCUT2D eigenvalue weighted by atomic mass is 9.83. The first kappa shape index (κ1) is 11.0. The van der Waals surface area contributed by atoms with Crippen LogP contribution in [0.25, 0.3) is 5.57 Å². The van der Waals surface area contributed by atoms with Crippen LogP contribution in [0.2, 0.25) is 0 Å². The number of allylic oxidation sites excluding steroid dienone is 1. The van der Waals surface area contributed by atoms with E-state index < -0.39 is 5.60 Å². The first-order valence-electron chi connectivity index (χ1n) is 6.45. The van der Waals surface area contributed by atoms with Gasteiger partial charge in [-0.25, -0.2) is 0 Å². The highest BCUT2D eigenvalue weighted by molar-refractivity contribution is 5.70. The molecule has 3 rings (SSSR count). The first-order chi connectivity index (χ1) is 8.07. The Labute approximate surface area is 102 Å². The lowest BCUT2D eigenvalue weighted by molar-refractivity contribution is 0.0523. The number of aromatic nitrogens is 1. The van der Waals surface area contributed by atoms with E-state index >= 15 is 0 Å². The molecule has 0 spiro atoms. The van der Waals surface area contributed by atoms with E-state index in [0.29, 0.717) is 5.92 Å². The van der Waals surface area contributed by atoms with Crippen LogP contribution in [0, 0.1) is 6.92 Å². The zero-order chi connectivity index (χ0) is 12.0. The summed E-state index contributed by atoms with van der Waals surface area (Å²) in [4.78, 5) is 0. The van der Waals surface area contributed by atoms with E-state index in [0.717, 1.165) is 30.7 Å². The Morgan fingerprint density at radius 1 is 1.47 bits per heavy atom. The molecule has 0 aliphatic heterocycles.